The van der Waals surface area contributed by atoms with Crippen LogP contribution in [0.15, 0.2) is 315 Å². The van der Waals surface area contributed by atoms with Crippen molar-refractivity contribution in [3.63, 3.8) is 0 Å². The molecule has 0 N–H and O–H groups in total. The number of hydrogen-bond donors (Lipinski definition) is 0. The van der Waals surface area contributed by atoms with Gasteiger partial charge in [0.15, 0.2) is 34.9 Å². The van der Waals surface area contributed by atoms with E-state index in [0.29, 0.717) is 34.9 Å². The van der Waals surface area contributed by atoms with Crippen molar-refractivity contribution in [2.75, 3.05) is 0 Å². The second kappa shape index (κ2) is 21.6. The van der Waals surface area contributed by atoms with E-state index < -0.39 is 0 Å². The zero-order chi connectivity index (χ0) is 61.8. The molecule has 0 amide bonds. The highest BCUT2D eigenvalue weighted by atomic mass is 15.0. The molecule has 0 fully saturated rings. The maximum Gasteiger partial charge on any atom is 0.164 e. The zero-order valence-electron chi connectivity index (χ0n) is 50.8. The summed E-state index contributed by atoms with van der Waals surface area (Å²) in [7, 11) is 0. The van der Waals surface area contributed by atoms with Gasteiger partial charge in [0.1, 0.15) is 0 Å². The lowest BCUT2D eigenvalue weighted by Crippen LogP contribution is -2.27. The summed E-state index contributed by atoms with van der Waals surface area (Å²) in [5, 5.41) is 4.76. The van der Waals surface area contributed by atoms with Crippen molar-refractivity contribution in [2.45, 2.75) is 11.8 Å². The number of rotatable bonds is 10. The first-order valence-electron chi connectivity index (χ1n) is 32.0. The third-order valence-electron chi connectivity index (χ3n) is 19.2. The third kappa shape index (κ3) is 8.61. The lowest BCUT2D eigenvalue weighted by Gasteiger charge is -2.42. The quantitative estimate of drug-likeness (QED) is 0.136. The smallest absolute Gasteiger partial charge is 0.164 e. The van der Waals surface area contributed by atoms with E-state index in [2.05, 4.69) is 288 Å². The van der Waals surface area contributed by atoms with Crippen molar-refractivity contribution >= 4 is 43.6 Å². The first kappa shape index (κ1) is 53.3. The molecular formula is C86H54N8. The van der Waals surface area contributed by atoms with Crippen LogP contribution in [0.4, 0.5) is 0 Å². The molecule has 3 aliphatic rings. The van der Waals surface area contributed by atoms with Gasteiger partial charge in [-0.1, -0.05) is 243 Å². The highest BCUT2D eigenvalue weighted by molar-refractivity contribution is 6.12. The van der Waals surface area contributed by atoms with Crippen molar-refractivity contribution in [2.24, 2.45) is 0 Å². The minimum absolute atomic E-state index is 0.0432. The van der Waals surface area contributed by atoms with Crippen LogP contribution < -0.4 is 0 Å². The van der Waals surface area contributed by atoms with E-state index in [-0.39, 0.29) is 11.8 Å². The molecule has 0 saturated carbocycles. The van der Waals surface area contributed by atoms with Gasteiger partial charge in [0, 0.05) is 78.1 Å². The number of fused-ring (bicyclic) bond motifs is 6. The molecule has 0 spiro atoms. The van der Waals surface area contributed by atoms with Gasteiger partial charge in [-0.3, -0.25) is 0 Å². The Morgan fingerprint density at radius 2 is 0.500 bits per heavy atom. The zero-order valence-corrected chi connectivity index (χ0v) is 50.8. The molecule has 2 unspecified atom stereocenters. The van der Waals surface area contributed by atoms with Crippen molar-refractivity contribution in [3.8, 4) is 102 Å². The molecule has 2 bridgehead atoms. The minimum Gasteiger partial charge on any atom is -0.309 e. The second-order valence-electron chi connectivity index (χ2n) is 24.5. The summed E-state index contributed by atoms with van der Waals surface area (Å²) >= 11 is 0. The van der Waals surface area contributed by atoms with E-state index in [1.807, 2.05) is 36.4 Å². The summed E-state index contributed by atoms with van der Waals surface area (Å²) in [5.74, 6) is 3.60. The Hall–Kier alpha value is -12.5. The average Bonchev–Trinajstić information content (AvgIpc) is 1.23. The van der Waals surface area contributed by atoms with Crippen LogP contribution in [-0.2, 0) is 0 Å². The van der Waals surface area contributed by atoms with Crippen LogP contribution in [-0.4, -0.2) is 39.0 Å². The Bertz CT molecular complexity index is 5520. The van der Waals surface area contributed by atoms with Crippen molar-refractivity contribution in [3.05, 3.63) is 349 Å². The largest absolute Gasteiger partial charge is 0.309 e. The van der Waals surface area contributed by atoms with Gasteiger partial charge in [0.2, 0.25) is 0 Å². The molecule has 4 aromatic heterocycles. The summed E-state index contributed by atoms with van der Waals surface area (Å²) in [5.41, 5.74) is 24.3. The third-order valence-corrected chi connectivity index (χ3v) is 19.2. The van der Waals surface area contributed by atoms with Crippen LogP contribution in [0.1, 0.15) is 45.2 Å². The molecule has 4 heterocycles. The Balaban J connectivity index is 0.716. The number of nitrogens with zero attached hydrogens (tertiary/aromatic N) is 8. The van der Waals surface area contributed by atoms with Gasteiger partial charge < -0.3 is 9.13 Å². The van der Waals surface area contributed by atoms with Gasteiger partial charge in [-0.05, 0) is 128 Å². The lowest BCUT2D eigenvalue weighted by atomic mass is 9.61. The van der Waals surface area contributed by atoms with Gasteiger partial charge >= 0.3 is 0 Å². The van der Waals surface area contributed by atoms with Crippen LogP contribution in [0.3, 0.4) is 0 Å². The van der Waals surface area contributed by atoms with Gasteiger partial charge in [-0.15, -0.1) is 0 Å². The predicted octanol–water partition coefficient (Wildman–Crippen LogP) is 20.6. The van der Waals surface area contributed by atoms with Crippen molar-refractivity contribution in [1.82, 2.24) is 39.0 Å². The Labute approximate surface area is 542 Å². The number of para-hydroxylation sites is 4. The minimum atomic E-state index is -0.0432. The van der Waals surface area contributed by atoms with E-state index in [1.165, 1.54) is 66.0 Å². The standard InChI is InChI=1S/C86H54N8/c1-5-23-53(24-6-1)81-87-83(91-85(89-81)69-37-17-13-31-61(69)55-43-47-77-71(49-55)63-33-19-21-39-75(63)93(77)59-27-9-3-10-28-59)57-41-45-67-73(51-57)79-65-35-15-16-36-66(65)80(67)74-52-58(42-46-68(74)79)84-88-82(54-25-7-2-8-26-54)90-86(92-84)70-38-18-14-32-62(70)56-44-48-78-72(50-56)64-34-20-22-40-76(64)94(78)60-29-11-4-12-30-60/h1-52,79-80H. The summed E-state index contributed by atoms with van der Waals surface area (Å²) in [4.78, 5) is 32.2. The number of benzene rings is 13. The predicted molar refractivity (Wildman–Crippen MR) is 380 cm³/mol. The van der Waals surface area contributed by atoms with Gasteiger partial charge in [-0.2, -0.15) is 0 Å². The van der Waals surface area contributed by atoms with Gasteiger partial charge in [-0.25, -0.2) is 29.9 Å². The van der Waals surface area contributed by atoms with E-state index in [1.54, 1.807) is 0 Å². The summed E-state index contributed by atoms with van der Waals surface area (Å²) < 4.78 is 4.71. The fourth-order valence-electron chi connectivity index (χ4n) is 15.0. The first-order chi connectivity index (χ1) is 46.6. The van der Waals surface area contributed by atoms with E-state index in [0.717, 1.165) is 78.0 Å². The summed E-state index contributed by atoms with van der Waals surface area (Å²) in [6.07, 6.45) is 0. The van der Waals surface area contributed by atoms with E-state index in [9.17, 15) is 0 Å². The van der Waals surface area contributed by atoms with Crippen LogP contribution >= 0.6 is 0 Å². The number of aromatic nitrogens is 8. The second-order valence-corrected chi connectivity index (χ2v) is 24.5. The molecule has 8 heteroatoms. The summed E-state index contributed by atoms with van der Waals surface area (Å²) in [6, 6.07) is 112. The Morgan fingerprint density at radius 1 is 0.191 bits per heavy atom. The van der Waals surface area contributed by atoms with E-state index >= 15 is 0 Å². The Kier molecular flexibility index (Phi) is 12.2. The fraction of sp³-hybridized carbons (Fsp3) is 0.0233. The maximum absolute atomic E-state index is 5.45. The molecule has 0 saturated heterocycles. The molecule has 20 rings (SSSR count). The maximum atomic E-state index is 5.45. The molecule has 0 radical (unpaired) electrons. The number of hydrogen-bond acceptors (Lipinski definition) is 6. The SMILES string of the molecule is c1ccc(-c2nc(-c3ccc4c(c3)C3c5ccccc5C4c4cc(-c5nc(-c6ccccc6)nc(-c6ccccc6-c6ccc7c(c6)c6ccccc6n7-c6ccccc6)n5)ccc43)nc(-c3ccccc3-c3ccc4c(c3)c3ccccc3n4-c3ccccc3)n2)cc1. The monoisotopic (exact) mass is 1200 g/mol. The fourth-order valence-corrected chi connectivity index (χ4v) is 15.0. The molecule has 8 nitrogen and oxygen atoms in total. The molecular weight excluding hydrogens is 1150 g/mol. The van der Waals surface area contributed by atoms with Gasteiger partial charge in [0.05, 0.1) is 22.1 Å². The molecule has 3 aliphatic carbocycles. The van der Waals surface area contributed by atoms with Gasteiger partial charge in [0.25, 0.3) is 0 Å². The molecule has 0 aliphatic heterocycles. The van der Waals surface area contributed by atoms with Crippen molar-refractivity contribution < 1.29 is 0 Å². The molecule has 438 valence electrons. The average molecular weight is 1200 g/mol. The van der Waals surface area contributed by atoms with Crippen molar-refractivity contribution in [1.29, 1.82) is 0 Å². The van der Waals surface area contributed by atoms with Crippen LogP contribution in [0.25, 0.3) is 146 Å². The highest BCUT2D eigenvalue weighted by Crippen LogP contribution is 2.57. The van der Waals surface area contributed by atoms with E-state index in [4.69, 9.17) is 29.9 Å². The van der Waals surface area contributed by atoms with Crippen LogP contribution in [0.2, 0.25) is 0 Å². The highest BCUT2D eigenvalue weighted by Gasteiger charge is 2.42. The molecule has 2 atom stereocenters. The first-order valence-corrected chi connectivity index (χ1v) is 32.0. The topological polar surface area (TPSA) is 87.2 Å². The Morgan fingerprint density at radius 3 is 0.926 bits per heavy atom. The van der Waals surface area contributed by atoms with Crippen LogP contribution in [0, 0.1) is 0 Å². The molecule has 17 aromatic rings. The molecule has 13 aromatic carbocycles. The lowest BCUT2D eigenvalue weighted by molar-refractivity contribution is 0.754. The summed E-state index contributed by atoms with van der Waals surface area (Å²) in [6.45, 7) is 0. The van der Waals surface area contributed by atoms with Crippen LogP contribution in [0.5, 0.6) is 0 Å². The molecule has 94 heavy (non-hydrogen) atoms. The normalized spacial score (nSPS) is 13.7.